The van der Waals surface area contributed by atoms with Crippen LogP contribution < -0.4 is 5.32 Å². The summed E-state index contributed by atoms with van der Waals surface area (Å²) in [5.74, 6) is -0.463. The van der Waals surface area contributed by atoms with Gasteiger partial charge in [0, 0.05) is 0 Å². The van der Waals surface area contributed by atoms with Gasteiger partial charge in [0.15, 0.2) is 0 Å². The van der Waals surface area contributed by atoms with Crippen LogP contribution >= 0.6 is 0 Å². The number of carbonyl (C=O) groups excluding carboxylic acids is 2. The molecule has 92 valence electrons. The third kappa shape index (κ3) is 6.06. The van der Waals surface area contributed by atoms with Gasteiger partial charge >= 0.3 is 12.1 Å². The maximum atomic E-state index is 11.5. The van der Waals surface area contributed by atoms with Crippen LogP contribution in [-0.4, -0.2) is 31.3 Å². The summed E-state index contributed by atoms with van der Waals surface area (Å²) in [6.45, 7) is 7.71. The lowest BCUT2D eigenvalue weighted by Crippen LogP contribution is -2.41. The van der Waals surface area contributed by atoms with Gasteiger partial charge in [0.05, 0.1) is 13.2 Å². The van der Waals surface area contributed by atoms with Crippen molar-refractivity contribution in [3.63, 3.8) is 0 Å². The lowest BCUT2D eigenvalue weighted by molar-refractivity contribution is -0.146. The summed E-state index contributed by atoms with van der Waals surface area (Å²) in [5, 5.41) is 2.42. The van der Waals surface area contributed by atoms with Gasteiger partial charge in [-0.2, -0.15) is 0 Å². The van der Waals surface area contributed by atoms with Gasteiger partial charge in [-0.1, -0.05) is 13.0 Å². The summed E-state index contributed by atoms with van der Waals surface area (Å²) < 4.78 is 9.61. The van der Waals surface area contributed by atoms with E-state index in [2.05, 4.69) is 16.6 Å². The van der Waals surface area contributed by atoms with E-state index in [0.29, 0.717) is 13.0 Å². The van der Waals surface area contributed by atoms with Crippen molar-refractivity contribution < 1.29 is 19.1 Å². The summed E-state index contributed by atoms with van der Waals surface area (Å²) in [5.41, 5.74) is 0. The first-order valence-electron chi connectivity index (χ1n) is 5.36. The van der Waals surface area contributed by atoms with Crippen LogP contribution in [0.15, 0.2) is 12.7 Å². The second-order valence-electron chi connectivity index (χ2n) is 3.11. The van der Waals surface area contributed by atoms with Gasteiger partial charge in [-0.05, 0) is 19.8 Å². The predicted octanol–water partition coefficient (Wildman–Crippen LogP) is 1.63. The summed E-state index contributed by atoms with van der Waals surface area (Å²) >= 11 is 0. The minimum absolute atomic E-state index is 0.261. The van der Waals surface area contributed by atoms with E-state index < -0.39 is 18.1 Å². The Morgan fingerprint density at radius 1 is 1.38 bits per heavy atom. The smallest absolute Gasteiger partial charge is 0.407 e. The van der Waals surface area contributed by atoms with E-state index in [1.165, 1.54) is 0 Å². The van der Waals surface area contributed by atoms with E-state index in [0.717, 1.165) is 6.42 Å². The van der Waals surface area contributed by atoms with Gasteiger partial charge in [-0.3, -0.25) is 0 Å². The largest absolute Gasteiger partial charge is 0.464 e. The van der Waals surface area contributed by atoms with Crippen molar-refractivity contribution in [2.45, 2.75) is 32.7 Å². The molecular formula is C11H19NO4. The maximum absolute atomic E-state index is 11.5. The fourth-order valence-corrected chi connectivity index (χ4v) is 0.999. The molecule has 0 aromatic carbocycles. The summed E-state index contributed by atoms with van der Waals surface area (Å²) in [7, 11) is 0. The number of amides is 1. The van der Waals surface area contributed by atoms with Crippen molar-refractivity contribution >= 4 is 12.1 Å². The number of nitrogens with one attached hydrogen (secondary N) is 1. The average molecular weight is 229 g/mol. The zero-order chi connectivity index (χ0) is 12.4. The van der Waals surface area contributed by atoms with Crippen LogP contribution in [0.5, 0.6) is 0 Å². The lowest BCUT2D eigenvalue weighted by Gasteiger charge is -2.15. The van der Waals surface area contributed by atoms with E-state index in [1.54, 1.807) is 13.0 Å². The molecule has 1 amide bonds. The van der Waals surface area contributed by atoms with Gasteiger partial charge in [-0.15, -0.1) is 6.58 Å². The Bertz CT molecular complexity index is 240. The molecule has 0 aromatic heterocycles. The molecule has 0 heterocycles. The molecule has 0 spiro atoms. The Morgan fingerprint density at radius 2 is 2.06 bits per heavy atom. The molecule has 16 heavy (non-hydrogen) atoms. The van der Waals surface area contributed by atoms with Crippen molar-refractivity contribution in [2.24, 2.45) is 0 Å². The second-order valence-corrected chi connectivity index (χ2v) is 3.11. The third-order valence-electron chi connectivity index (χ3n) is 1.70. The van der Waals surface area contributed by atoms with Crippen LogP contribution in [-0.2, 0) is 14.3 Å². The highest BCUT2D eigenvalue weighted by Gasteiger charge is 2.21. The van der Waals surface area contributed by atoms with Gasteiger partial charge in [0.25, 0.3) is 0 Å². The number of alkyl carbamates (subject to hydrolysis) is 1. The molecule has 1 atom stereocenters. The topological polar surface area (TPSA) is 64.6 Å². The maximum Gasteiger partial charge on any atom is 0.407 e. The number of hydrogen-bond donors (Lipinski definition) is 1. The molecule has 0 rings (SSSR count). The highest BCUT2D eigenvalue weighted by atomic mass is 16.6. The van der Waals surface area contributed by atoms with Crippen molar-refractivity contribution in [2.75, 3.05) is 13.2 Å². The predicted molar refractivity (Wildman–Crippen MR) is 60.0 cm³/mol. The van der Waals surface area contributed by atoms with E-state index in [1.807, 2.05) is 6.92 Å². The van der Waals surface area contributed by atoms with Crippen molar-refractivity contribution in [3.8, 4) is 0 Å². The Hall–Kier alpha value is -1.52. The summed E-state index contributed by atoms with van der Waals surface area (Å²) in [6.07, 6.45) is 1.99. The molecule has 1 N–H and O–H groups in total. The summed E-state index contributed by atoms with van der Waals surface area (Å²) in [4.78, 5) is 22.6. The van der Waals surface area contributed by atoms with E-state index in [-0.39, 0.29) is 6.61 Å². The number of hydrogen-bond acceptors (Lipinski definition) is 4. The van der Waals surface area contributed by atoms with Crippen molar-refractivity contribution in [1.82, 2.24) is 5.32 Å². The monoisotopic (exact) mass is 229 g/mol. The molecule has 5 nitrogen and oxygen atoms in total. The van der Waals surface area contributed by atoms with Crippen molar-refractivity contribution in [3.05, 3.63) is 12.7 Å². The Kier molecular flexibility index (Phi) is 7.93. The van der Waals surface area contributed by atoms with Gasteiger partial charge < -0.3 is 14.8 Å². The number of rotatable bonds is 7. The quantitative estimate of drug-likeness (QED) is 0.532. The minimum Gasteiger partial charge on any atom is -0.464 e. The minimum atomic E-state index is -0.719. The van der Waals surface area contributed by atoms with Crippen LogP contribution in [0.4, 0.5) is 4.79 Å². The van der Waals surface area contributed by atoms with E-state index in [9.17, 15) is 9.59 Å². The molecule has 1 unspecified atom stereocenters. The molecule has 0 aliphatic heterocycles. The molecule has 0 bridgehead atoms. The van der Waals surface area contributed by atoms with Gasteiger partial charge in [0.1, 0.15) is 6.04 Å². The molecular weight excluding hydrogens is 210 g/mol. The van der Waals surface area contributed by atoms with Crippen molar-refractivity contribution in [1.29, 1.82) is 0 Å². The normalized spacial score (nSPS) is 11.4. The highest BCUT2D eigenvalue weighted by molar-refractivity contribution is 5.81. The number of carbonyl (C=O) groups is 2. The van der Waals surface area contributed by atoms with Gasteiger partial charge in [0.2, 0.25) is 0 Å². The SMILES string of the molecule is C=CCC(NC(=O)OCC)C(=O)OCCC. The fraction of sp³-hybridized carbons (Fsp3) is 0.636. The third-order valence-corrected chi connectivity index (χ3v) is 1.70. The molecule has 0 aliphatic carbocycles. The second kappa shape index (κ2) is 8.76. The first-order valence-corrected chi connectivity index (χ1v) is 5.36. The van der Waals surface area contributed by atoms with Crippen LogP contribution in [0.2, 0.25) is 0 Å². The number of esters is 1. The first-order chi connectivity index (χ1) is 7.65. The van der Waals surface area contributed by atoms with Crippen LogP contribution in [0, 0.1) is 0 Å². The van der Waals surface area contributed by atoms with Crippen LogP contribution in [0.25, 0.3) is 0 Å². The van der Waals surface area contributed by atoms with Gasteiger partial charge in [-0.25, -0.2) is 9.59 Å². The Balaban J connectivity index is 4.18. The van der Waals surface area contributed by atoms with Crippen LogP contribution in [0.1, 0.15) is 26.7 Å². The standard InChI is InChI=1S/C11H19NO4/c1-4-7-9(10(13)16-8-5-2)12-11(14)15-6-3/h4,9H,1,5-8H2,2-3H3,(H,12,14). The molecule has 0 aliphatic rings. The Labute approximate surface area is 95.8 Å². The molecule has 5 heteroatoms. The highest BCUT2D eigenvalue weighted by Crippen LogP contribution is 1.98. The van der Waals surface area contributed by atoms with E-state index in [4.69, 9.17) is 4.74 Å². The lowest BCUT2D eigenvalue weighted by atomic mass is 10.2. The van der Waals surface area contributed by atoms with Crippen LogP contribution in [0.3, 0.4) is 0 Å². The molecule has 0 radical (unpaired) electrons. The van der Waals surface area contributed by atoms with E-state index >= 15 is 0 Å². The zero-order valence-electron chi connectivity index (χ0n) is 9.82. The first kappa shape index (κ1) is 14.5. The Morgan fingerprint density at radius 3 is 2.56 bits per heavy atom. The fourth-order valence-electron chi connectivity index (χ4n) is 0.999. The molecule has 0 saturated carbocycles. The zero-order valence-corrected chi connectivity index (χ0v) is 9.82. The number of ether oxygens (including phenoxy) is 2. The molecule has 0 aromatic rings. The average Bonchev–Trinajstić information content (AvgIpc) is 2.25. The molecule has 0 fully saturated rings. The molecule has 0 saturated heterocycles. The summed E-state index contributed by atoms with van der Waals surface area (Å²) in [6, 6.07) is -0.719.